The molecule has 1 heterocycles. The molecule has 16 heavy (non-hydrogen) atoms. The first kappa shape index (κ1) is 14.0. The average molecular weight is 227 g/mol. The molecule has 0 radical (unpaired) electrons. The van der Waals surface area contributed by atoms with Crippen molar-refractivity contribution >= 4 is 0 Å². The van der Waals surface area contributed by atoms with Gasteiger partial charge < -0.3 is 9.64 Å². The van der Waals surface area contributed by atoms with Crippen LogP contribution in [-0.2, 0) is 4.74 Å². The zero-order valence-corrected chi connectivity index (χ0v) is 11.4. The maximum Gasteiger partial charge on any atom is 0.0603 e. The SMILES string of the molecule is CCCC[C@@H](C)OC1CCN(CCC)CC1. The Balaban J connectivity index is 2.11. The first-order valence-corrected chi connectivity index (χ1v) is 7.14. The van der Waals surface area contributed by atoms with E-state index in [9.17, 15) is 0 Å². The van der Waals surface area contributed by atoms with Crippen molar-refractivity contribution < 1.29 is 4.74 Å². The van der Waals surface area contributed by atoms with Crippen molar-refractivity contribution in [2.24, 2.45) is 0 Å². The molecular formula is C14H29NO. The van der Waals surface area contributed by atoms with Gasteiger partial charge in [0.05, 0.1) is 12.2 Å². The minimum atomic E-state index is 0.461. The lowest BCUT2D eigenvalue weighted by Crippen LogP contribution is -2.38. The molecule has 0 aromatic heterocycles. The molecule has 96 valence electrons. The Morgan fingerprint density at radius 2 is 1.88 bits per heavy atom. The highest BCUT2D eigenvalue weighted by Crippen LogP contribution is 2.17. The number of hydrogen-bond acceptors (Lipinski definition) is 2. The van der Waals surface area contributed by atoms with Gasteiger partial charge in [0.15, 0.2) is 0 Å². The summed E-state index contributed by atoms with van der Waals surface area (Å²) in [5.41, 5.74) is 0. The smallest absolute Gasteiger partial charge is 0.0603 e. The fraction of sp³-hybridized carbons (Fsp3) is 1.00. The predicted octanol–water partition coefficient (Wildman–Crippen LogP) is 3.46. The number of hydrogen-bond donors (Lipinski definition) is 0. The van der Waals surface area contributed by atoms with E-state index in [0.717, 1.165) is 0 Å². The van der Waals surface area contributed by atoms with Crippen molar-refractivity contribution in [2.75, 3.05) is 19.6 Å². The summed E-state index contributed by atoms with van der Waals surface area (Å²) in [6.07, 6.45) is 8.54. The number of rotatable bonds is 7. The molecule has 1 fully saturated rings. The number of unbranched alkanes of at least 4 members (excludes halogenated alkanes) is 1. The molecule has 0 N–H and O–H groups in total. The van der Waals surface area contributed by atoms with Gasteiger partial charge in [-0.15, -0.1) is 0 Å². The molecule has 0 aromatic carbocycles. The molecule has 1 atom stereocenters. The van der Waals surface area contributed by atoms with E-state index >= 15 is 0 Å². The van der Waals surface area contributed by atoms with E-state index in [4.69, 9.17) is 4.74 Å². The highest BCUT2D eigenvalue weighted by molar-refractivity contribution is 4.73. The topological polar surface area (TPSA) is 12.5 Å². The normalized spacial score (nSPS) is 21.2. The van der Waals surface area contributed by atoms with Crippen molar-refractivity contribution in [3.05, 3.63) is 0 Å². The summed E-state index contributed by atoms with van der Waals surface area (Å²) in [7, 11) is 0. The van der Waals surface area contributed by atoms with Crippen LogP contribution in [0.3, 0.4) is 0 Å². The largest absolute Gasteiger partial charge is 0.375 e. The molecule has 1 aliphatic rings. The Bertz CT molecular complexity index is 164. The van der Waals surface area contributed by atoms with E-state index in [1.807, 2.05) is 0 Å². The Morgan fingerprint density at radius 1 is 1.19 bits per heavy atom. The quantitative estimate of drug-likeness (QED) is 0.660. The standard InChI is InChI=1S/C14H29NO/c1-4-6-7-13(3)16-14-8-11-15(10-5-2)12-9-14/h13-14H,4-12H2,1-3H3/t13-/m1/s1. The molecule has 2 heteroatoms. The van der Waals surface area contributed by atoms with E-state index < -0.39 is 0 Å². The van der Waals surface area contributed by atoms with Gasteiger partial charge in [-0.05, 0) is 39.2 Å². The molecule has 0 bridgehead atoms. The van der Waals surface area contributed by atoms with Crippen molar-refractivity contribution in [3.63, 3.8) is 0 Å². The summed E-state index contributed by atoms with van der Waals surface area (Å²) < 4.78 is 6.09. The number of nitrogens with zero attached hydrogens (tertiary/aromatic N) is 1. The molecule has 1 rings (SSSR count). The molecule has 0 aromatic rings. The Kier molecular flexibility index (Phi) is 7.06. The molecule has 0 aliphatic carbocycles. The fourth-order valence-electron chi connectivity index (χ4n) is 2.47. The van der Waals surface area contributed by atoms with Crippen molar-refractivity contribution in [3.8, 4) is 0 Å². The van der Waals surface area contributed by atoms with Crippen LogP contribution < -0.4 is 0 Å². The molecule has 0 amide bonds. The predicted molar refractivity (Wildman–Crippen MR) is 69.8 cm³/mol. The third-order valence-electron chi connectivity index (χ3n) is 3.46. The Morgan fingerprint density at radius 3 is 2.44 bits per heavy atom. The van der Waals surface area contributed by atoms with Gasteiger partial charge in [0, 0.05) is 13.1 Å². The number of likely N-dealkylation sites (tertiary alicyclic amines) is 1. The van der Waals surface area contributed by atoms with Crippen molar-refractivity contribution in [2.45, 2.75) is 71.5 Å². The molecule has 1 aliphatic heterocycles. The van der Waals surface area contributed by atoms with Crippen LogP contribution in [-0.4, -0.2) is 36.7 Å². The van der Waals surface area contributed by atoms with Gasteiger partial charge >= 0.3 is 0 Å². The zero-order valence-electron chi connectivity index (χ0n) is 11.4. The third-order valence-corrected chi connectivity index (χ3v) is 3.46. The molecule has 0 unspecified atom stereocenters. The zero-order chi connectivity index (χ0) is 11.8. The monoisotopic (exact) mass is 227 g/mol. The van der Waals surface area contributed by atoms with Crippen LogP contribution in [0, 0.1) is 0 Å². The van der Waals surface area contributed by atoms with Crippen LogP contribution in [0.15, 0.2) is 0 Å². The lowest BCUT2D eigenvalue weighted by Gasteiger charge is -2.33. The lowest BCUT2D eigenvalue weighted by atomic mass is 10.1. The second-order valence-electron chi connectivity index (χ2n) is 5.13. The summed E-state index contributed by atoms with van der Waals surface area (Å²) in [5.74, 6) is 0. The van der Waals surface area contributed by atoms with E-state index in [1.165, 1.54) is 58.2 Å². The van der Waals surface area contributed by atoms with Gasteiger partial charge in [0.1, 0.15) is 0 Å². The molecule has 2 nitrogen and oxygen atoms in total. The second-order valence-corrected chi connectivity index (χ2v) is 5.13. The first-order valence-electron chi connectivity index (χ1n) is 7.14. The van der Waals surface area contributed by atoms with E-state index in [0.29, 0.717) is 12.2 Å². The van der Waals surface area contributed by atoms with Gasteiger partial charge in [0.2, 0.25) is 0 Å². The number of piperidine rings is 1. The molecular weight excluding hydrogens is 198 g/mol. The van der Waals surface area contributed by atoms with Crippen LogP contribution in [0.2, 0.25) is 0 Å². The lowest BCUT2D eigenvalue weighted by molar-refractivity contribution is -0.0380. The Hall–Kier alpha value is -0.0800. The Labute approximate surface area is 101 Å². The van der Waals surface area contributed by atoms with Crippen LogP contribution >= 0.6 is 0 Å². The van der Waals surface area contributed by atoms with Crippen LogP contribution in [0.25, 0.3) is 0 Å². The third kappa shape index (κ3) is 5.31. The fourth-order valence-corrected chi connectivity index (χ4v) is 2.47. The second kappa shape index (κ2) is 8.08. The molecule has 0 spiro atoms. The summed E-state index contributed by atoms with van der Waals surface area (Å²) in [5, 5.41) is 0. The van der Waals surface area contributed by atoms with Crippen LogP contribution in [0.5, 0.6) is 0 Å². The number of ether oxygens (including phenoxy) is 1. The van der Waals surface area contributed by atoms with Crippen molar-refractivity contribution in [1.29, 1.82) is 0 Å². The van der Waals surface area contributed by atoms with Gasteiger partial charge in [0.25, 0.3) is 0 Å². The van der Waals surface area contributed by atoms with Crippen molar-refractivity contribution in [1.82, 2.24) is 4.90 Å². The summed E-state index contributed by atoms with van der Waals surface area (Å²) in [6, 6.07) is 0. The van der Waals surface area contributed by atoms with E-state index in [1.54, 1.807) is 0 Å². The van der Waals surface area contributed by atoms with Crippen LogP contribution in [0.4, 0.5) is 0 Å². The average Bonchev–Trinajstić information content (AvgIpc) is 2.29. The minimum Gasteiger partial charge on any atom is -0.375 e. The van der Waals surface area contributed by atoms with E-state index in [2.05, 4.69) is 25.7 Å². The maximum atomic E-state index is 6.09. The van der Waals surface area contributed by atoms with Gasteiger partial charge in [-0.25, -0.2) is 0 Å². The highest BCUT2D eigenvalue weighted by atomic mass is 16.5. The van der Waals surface area contributed by atoms with E-state index in [-0.39, 0.29) is 0 Å². The summed E-state index contributed by atoms with van der Waals surface area (Å²) >= 11 is 0. The van der Waals surface area contributed by atoms with Gasteiger partial charge in [-0.1, -0.05) is 26.7 Å². The first-order chi connectivity index (χ1) is 7.76. The molecule has 0 saturated carbocycles. The summed E-state index contributed by atoms with van der Waals surface area (Å²) in [4.78, 5) is 2.57. The molecule has 1 saturated heterocycles. The highest BCUT2D eigenvalue weighted by Gasteiger charge is 2.20. The maximum absolute atomic E-state index is 6.09. The summed E-state index contributed by atoms with van der Waals surface area (Å²) in [6.45, 7) is 10.5. The van der Waals surface area contributed by atoms with Gasteiger partial charge in [-0.2, -0.15) is 0 Å². The minimum absolute atomic E-state index is 0.461. The van der Waals surface area contributed by atoms with Gasteiger partial charge in [-0.3, -0.25) is 0 Å². The van der Waals surface area contributed by atoms with Crippen LogP contribution in [0.1, 0.15) is 59.3 Å².